The van der Waals surface area contributed by atoms with E-state index in [1.165, 1.54) is 52.8 Å². The van der Waals surface area contributed by atoms with Gasteiger partial charge in [-0.25, -0.2) is 13.4 Å². The zero-order valence-electron chi connectivity index (χ0n) is 17.8. The van der Waals surface area contributed by atoms with E-state index in [9.17, 15) is 13.2 Å². The Balaban J connectivity index is 1.48. The molecule has 1 aromatic heterocycles. The van der Waals surface area contributed by atoms with Crippen molar-refractivity contribution in [3.05, 3.63) is 93.8 Å². The lowest BCUT2D eigenvalue weighted by Crippen LogP contribution is -2.15. The minimum absolute atomic E-state index is 0.0726. The molecule has 6 nitrogen and oxygen atoms in total. The van der Waals surface area contributed by atoms with Crippen LogP contribution in [0.1, 0.15) is 21.5 Å². The number of nitrogens with zero attached hydrogens (tertiary/aromatic N) is 1. The summed E-state index contributed by atoms with van der Waals surface area (Å²) in [6.45, 7) is 4.09. The van der Waals surface area contributed by atoms with Gasteiger partial charge in [0.2, 0.25) is 0 Å². The number of thiazole rings is 1. The summed E-state index contributed by atoms with van der Waals surface area (Å²) in [6.07, 6.45) is 0. The summed E-state index contributed by atoms with van der Waals surface area (Å²) >= 11 is 7.15. The van der Waals surface area contributed by atoms with Crippen LogP contribution in [0.4, 0.5) is 10.8 Å². The Kier molecular flexibility index (Phi) is 6.51. The molecule has 33 heavy (non-hydrogen) atoms. The van der Waals surface area contributed by atoms with E-state index in [1.807, 2.05) is 24.4 Å². The van der Waals surface area contributed by atoms with E-state index in [0.29, 0.717) is 15.7 Å². The van der Waals surface area contributed by atoms with Crippen molar-refractivity contribution in [1.29, 1.82) is 0 Å². The lowest BCUT2D eigenvalue weighted by atomic mass is 10.1. The van der Waals surface area contributed by atoms with Gasteiger partial charge in [0.05, 0.1) is 10.6 Å². The molecule has 0 fully saturated rings. The van der Waals surface area contributed by atoms with Crippen molar-refractivity contribution in [2.75, 3.05) is 10.0 Å². The highest BCUT2D eigenvalue weighted by atomic mass is 35.5. The molecule has 4 aromatic rings. The van der Waals surface area contributed by atoms with Crippen LogP contribution < -0.4 is 10.0 Å². The molecule has 3 aromatic carbocycles. The lowest BCUT2D eigenvalue weighted by Gasteiger charge is -2.09. The van der Waals surface area contributed by atoms with E-state index in [0.717, 1.165) is 11.3 Å². The maximum Gasteiger partial charge on any atom is 0.261 e. The summed E-state index contributed by atoms with van der Waals surface area (Å²) < 4.78 is 27.7. The second kappa shape index (κ2) is 9.35. The van der Waals surface area contributed by atoms with Gasteiger partial charge >= 0.3 is 0 Å². The van der Waals surface area contributed by atoms with E-state index in [2.05, 4.69) is 28.0 Å². The first-order valence-electron chi connectivity index (χ1n) is 9.94. The fourth-order valence-electron chi connectivity index (χ4n) is 3.09. The van der Waals surface area contributed by atoms with Crippen molar-refractivity contribution in [2.45, 2.75) is 18.7 Å². The molecule has 0 aliphatic heterocycles. The number of halogens is 1. The van der Waals surface area contributed by atoms with Gasteiger partial charge in [0.15, 0.2) is 5.13 Å². The number of carbonyl (C=O) groups excluding carboxylic acids is 1. The predicted octanol–water partition coefficient (Wildman–Crippen LogP) is 6.13. The van der Waals surface area contributed by atoms with E-state index in [1.54, 1.807) is 18.2 Å². The Morgan fingerprint density at radius 3 is 2.45 bits per heavy atom. The molecule has 0 saturated carbocycles. The normalized spacial score (nSPS) is 11.2. The minimum atomic E-state index is -3.82. The second-order valence-electron chi connectivity index (χ2n) is 7.43. The second-order valence-corrected chi connectivity index (χ2v) is 10.4. The quantitative estimate of drug-likeness (QED) is 0.335. The van der Waals surface area contributed by atoms with E-state index >= 15 is 0 Å². The first kappa shape index (κ1) is 23.0. The molecule has 9 heteroatoms. The Hall–Kier alpha value is -3.20. The van der Waals surface area contributed by atoms with Gasteiger partial charge in [0, 0.05) is 27.2 Å². The number of benzene rings is 3. The molecule has 4 rings (SSSR count). The van der Waals surface area contributed by atoms with Crippen LogP contribution in [-0.4, -0.2) is 19.3 Å². The van der Waals surface area contributed by atoms with E-state index < -0.39 is 10.0 Å². The maximum atomic E-state index is 12.7. The van der Waals surface area contributed by atoms with Gasteiger partial charge in [-0.1, -0.05) is 29.8 Å². The SMILES string of the molecule is Cc1ccc(-c2csc(NC(=O)c3cccc(NS(=O)(=O)c4ccc(Cl)cc4)c3)n2)cc1C. The fraction of sp³-hybridized carbons (Fsp3) is 0.0833. The van der Waals surface area contributed by atoms with Crippen molar-refractivity contribution in [3.8, 4) is 11.3 Å². The third kappa shape index (κ3) is 5.42. The standard InChI is InChI=1S/C24H20ClN3O3S2/c1-15-6-7-17(12-16(15)2)22-14-32-24(26-22)27-23(29)18-4-3-5-20(13-18)28-33(30,31)21-10-8-19(25)9-11-21/h3-14,28H,1-2H3,(H,26,27,29). The molecule has 0 saturated heterocycles. The maximum absolute atomic E-state index is 12.7. The van der Waals surface area contributed by atoms with E-state index in [4.69, 9.17) is 11.6 Å². The Labute approximate surface area is 201 Å². The van der Waals surface area contributed by atoms with Gasteiger partial charge in [-0.15, -0.1) is 11.3 Å². The number of sulfonamides is 1. The van der Waals surface area contributed by atoms with Crippen molar-refractivity contribution < 1.29 is 13.2 Å². The number of hydrogen-bond acceptors (Lipinski definition) is 5. The molecule has 0 radical (unpaired) electrons. The highest BCUT2D eigenvalue weighted by Crippen LogP contribution is 2.27. The lowest BCUT2D eigenvalue weighted by molar-refractivity contribution is 0.102. The van der Waals surface area contributed by atoms with Crippen LogP contribution in [0.15, 0.2) is 77.0 Å². The summed E-state index contributed by atoms with van der Waals surface area (Å²) in [6, 6.07) is 18.2. The van der Waals surface area contributed by atoms with E-state index in [-0.39, 0.29) is 16.5 Å². The first-order valence-corrected chi connectivity index (χ1v) is 12.7. The summed E-state index contributed by atoms with van der Waals surface area (Å²) in [4.78, 5) is 17.3. The molecular weight excluding hydrogens is 478 g/mol. The van der Waals surface area contributed by atoms with Crippen molar-refractivity contribution >= 4 is 49.7 Å². The number of rotatable bonds is 6. The minimum Gasteiger partial charge on any atom is -0.298 e. The van der Waals surface area contributed by atoms with Crippen LogP contribution in [0.2, 0.25) is 5.02 Å². The molecule has 0 spiro atoms. The van der Waals surface area contributed by atoms with Crippen LogP contribution >= 0.6 is 22.9 Å². The first-order chi connectivity index (χ1) is 15.7. The van der Waals surface area contributed by atoms with Gasteiger partial charge in [-0.05, 0) is 73.5 Å². The number of nitrogens with one attached hydrogen (secondary N) is 2. The highest BCUT2D eigenvalue weighted by molar-refractivity contribution is 7.92. The highest BCUT2D eigenvalue weighted by Gasteiger charge is 2.16. The average Bonchev–Trinajstić information content (AvgIpc) is 3.24. The number of carbonyl (C=O) groups is 1. The largest absolute Gasteiger partial charge is 0.298 e. The Morgan fingerprint density at radius 2 is 1.73 bits per heavy atom. The van der Waals surface area contributed by atoms with Crippen LogP contribution in [0, 0.1) is 13.8 Å². The zero-order valence-corrected chi connectivity index (χ0v) is 20.2. The number of aryl methyl sites for hydroxylation is 2. The Bertz CT molecular complexity index is 1430. The number of hydrogen-bond donors (Lipinski definition) is 2. The van der Waals surface area contributed by atoms with Gasteiger partial charge in [-0.3, -0.25) is 14.8 Å². The van der Waals surface area contributed by atoms with Crippen LogP contribution in [0.3, 0.4) is 0 Å². The predicted molar refractivity (Wildman–Crippen MR) is 134 cm³/mol. The molecule has 0 atom stereocenters. The summed E-state index contributed by atoms with van der Waals surface area (Å²) in [7, 11) is -3.82. The zero-order chi connectivity index (χ0) is 23.6. The molecule has 168 valence electrons. The summed E-state index contributed by atoms with van der Waals surface area (Å²) in [5.74, 6) is -0.386. The monoisotopic (exact) mass is 497 g/mol. The molecule has 1 amide bonds. The van der Waals surface area contributed by atoms with Gasteiger partial charge < -0.3 is 0 Å². The third-order valence-corrected chi connectivity index (χ3v) is 7.44. The number of anilines is 2. The number of aromatic nitrogens is 1. The fourth-order valence-corrected chi connectivity index (χ4v) is 4.98. The van der Waals surface area contributed by atoms with Gasteiger partial charge in [0.25, 0.3) is 15.9 Å². The van der Waals surface area contributed by atoms with Crippen molar-refractivity contribution in [1.82, 2.24) is 4.98 Å². The third-order valence-electron chi connectivity index (χ3n) is 5.03. The van der Waals surface area contributed by atoms with Gasteiger partial charge in [0.1, 0.15) is 0 Å². The van der Waals surface area contributed by atoms with Crippen molar-refractivity contribution in [3.63, 3.8) is 0 Å². The van der Waals surface area contributed by atoms with Crippen molar-refractivity contribution in [2.24, 2.45) is 0 Å². The molecule has 0 aliphatic carbocycles. The number of amides is 1. The average molecular weight is 498 g/mol. The Morgan fingerprint density at radius 1 is 0.970 bits per heavy atom. The molecule has 0 bridgehead atoms. The molecule has 0 aliphatic rings. The molecule has 2 N–H and O–H groups in total. The van der Waals surface area contributed by atoms with Crippen LogP contribution in [0.25, 0.3) is 11.3 Å². The van der Waals surface area contributed by atoms with Gasteiger partial charge in [-0.2, -0.15) is 0 Å². The smallest absolute Gasteiger partial charge is 0.261 e. The summed E-state index contributed by atoms with van der Waals surface area (Å²) in [5, 5.41) is 5.56. The van der Waals surface area contributed by atoms with Crippen LogP contribution in [-0.2, 0) is 10.0 Å². The molecule has 1 heterocycles. The molecular formula is C24H20ClN3O3S2. The molecule has 0 unspecified atom stereocenters. The topological polar surface area (TPSA) is 88.2 Å². The summed E-state index contributed by atoms with van der Waals surface area (Å²) in [5.41, 5.74) is 4.70. The van der Waals surface area contributed by atoms with Crippen LogP contribution in [0.5, 0.6) is 0 Å².